The van der Waals surface area contributed by atoms with Gasteiger partial charge in [-0.15, -0.1) is 0 Å². The molecule has 0 aliphatic carbocycles. The molecule has 1 aliphatic heterocycles. The molecular formula is C11H12ClNO3S. The molecule has 4 nitrogen and oxygen atoms in total. The topological polar surface area (TPSA) is 57.6 Å². The lowest BCUT2D eigenvalue weighted by Crippen LogP contribution is -2.38. The van der Waals surface area contributed by atoms with E-state index in [0.717, 1.165) is 0 Å². The van der Waals surface area contributed by atoms with Crippen molar-refractivity contribution in [1.82, 2.24) is 0 Å². The van der Waals surface area contributed by atoms with E-state index in [1.807, 2.05) is 4.90 Å². The van der Waals surface area contributed by atoms with E-state index < -0.39 is 16.8 Å². The molecule has 1 aromatic carbocycles. The lowest BCUT2D eigenvalue weighted by molar-refractivity contribution is 0.0697. The van der Waals surface area contributed by atoms with Gasteiger partial charge in [0.1, 0.15) is 5.56 Å². The minimum absolute atomic E-state index is 0.127. The van der Waals surface area contributed by atoms with Crippen LogP contribution in [0.25, 0.3) is 0 Å². The summed E-state index contributed by atoms with van der Waals surface area (Å²) in [5, 5.41) is 9.40. The first-order valence-corrected chi connectivity index (χ1v) is 7.08. The lowest BCUT2D eigenvalue weighted by atomic mass is 10.1. The minimum Gasteiger partial charge on any atom is -0.478 e. The number of carbonyl (C=O) groups is 1. The van der Waals surface area contributed by atoms with Crippen molar-refractivity contribution in [3.63, 3.8) is 0 Å². The summed E-state index contributed by atoms with van der Waals surface area (Å²) in [6.07, 6.45) is 0. The molecule has 1 heterocycles. The average molecular weight is 274 g/mol. The minimum atomic E-state index is -1.03. The van der Waals surface area contributed by atoms with E-state index in [1.165, 1.54) is 0 Å². The normalized spacial score (nSPS) is 17.1. The molecule has 92 valence electrons. The van der Waals surface area contributed by atoms with Crippen LogP contribution in [0.4, 0.5) is 5.69 Å². The summed E-state index contributed by atoms with van der Waals surface area (Å²) in [6.45, 7) is 1.21. The van der Waals surface area contributed by atoms with Gasteiger partial charge in [0.2, 0.25) is 0 Å². The van der Waals surface area contributed by atoms with E-state index in [9.17, 15) is 9.00 Å². The third-order valence-corrected chi connectivity index (χ3v) is 4.31. The summed E-state index contributed by atoms with van der Waals surface area (Å²) in [5.41, 5.74) is 0.739. The van der Waals surface area contributed by atoms with Crippen molar-refractivity contribution in [2.24, 2.45) is 0 Å². The van der Waals surface area contributed by atoms with Gasteiger partial charge < -0.3 is 10.0 Å². The molecule has 1 fully saturated rings. The molecule has 6 heteroatoms. The molecule has 2 rings (SSSR count). The van der Waals surface area contributed by atoms with E-state index in [1.54, 1.807) is 18.2 Å². The van der Waals surface area contributed by atoms with Crippen LogP contribution in [-0.2, 0) is 10.8 Å². The molecule has 0 atom stereocenters. The van der Waals surface area contributed by atoms with Gasteiger partial charge in [-0.05, 0) is 12.1 Å². The van der Waals surface area contributed by atoms with Crippen LogP contribution in [-0.4, -0.2) is 39.9 Å². The zero-order valence-electron chi connectivity index (χ0n) is 9.06. The van der Waals surface area contributed by atoms with Crippen molar-refractivity contribution in [2.75, 3.05) is 29.5 Å². The number of halogens is 1. The van der Waals surface area contributed by atoms with Gasteiger partial charge in [0.05, 0.1) is 10.7 Å². The Morgan fingerprint density at radius 3 is 2.59 bits per heavy atom. The Balaban J connectivity index is 2.35. The first-order chi connectivity index (χ1) is 8.09. The zero-order chi connectivity index (χ0) is 12.4. The summed E-state index contributed by atoms with van der Waals surface area (Å²) < 4.78 is 11.3. The van der Waals surface area contributed by atoms with Gasteiger partial charge in [0.15, 0.2) is 0 Å². The Kier molecular flexibility index (Phi) is 3.69. The van der Waals surface area contributed by atoms with Crippen LogP contribution >= 0.6 is 11.6 Å². The van der Waals surface area contributed by atoms with Gasteiger partial charge in [0, 0.05) is 35.4 Å². The molecule has 1 saturated heterocycles. The molecule has 17 heavy (non-hydrogen) atoms. The third kappa shape index (κ3) is 2.61. The second kappa shape index (κ2) is 5.06. The first kappa shape index (κ1) is 12.4. The molecule has 0 saturated carbocycles. The highest BCUT2D eigenvalue weighted by molar-refractivity contribution is 7.85. The predicted molar refractivity (Wildman–Crippen MR) is 68.5 cm³/mol. The van der Waals surface area contributed by atoms with Gasteiger partial charge in [0.25, 0.3) is 0 Å². The SMILES string of the molecule is O=C(O)c1c(Cl)cccc1N1CCS(=O)CC1. The molecule has 0 bridgehead atoms. The maximum absolute atomic E-state index is 11.3. The number of rotatable bonds is 2. The summed E-state index contributed by atoms with van der Waals surface area (Å²) >= 11 is 5.90. The molecule has 1 aliphatic rings. The fraction of sp³-hybridized carbons (Fsp3) is 0.364. The maximum atomic E-state index is 11.3. The molecule has 1 N–H and O–H groups in total. The van der Waals surface area contributed by atoms with Crippen molar-refractivity contribution in [1.29, 1.82) is 0 Å². The van der Waals surface area contributed by atoms with E-state index in [-0.39, 0.29) is 10.6 Å². The van der Waals surface area contributed by atoms with E-state index in [4.69, 9.17) is 16.7 Å². The van der Waals surface area contributed by atoms with Crippen molar-refractivity contribution >= 4 is 34.1 Å². The largest absolute Gasteiger partial charge is 0.478 e. The number of hydrogen-bond acceptors (Lipinski definition) is 3. The number of anilines is 1. The van der Waals surface area contributed by atoms with E-state index >= 15 is 0 Å². The van der Waals surface area contributed by atoms with Gasteiger partial charge >= 0.3 is 5.97 Å². The van der Waals surface area contributed by atoms with Crippen LogP contribution in [0.15, 0.2) is 18.2 Å². The summed E-state index contributed by atoms with van der Waals surface area (Å²) in [6, 6.07) is 5.04. The first-order valence-electron chi connectivity index (χ1n) is 5.21. The summed E-state index contributed by atoms with van der Waals surface area (Å²) in [7, 11) is -0.779. The zero-order valence-corrected chi connectivity index (χ0v) is 10.6. The Morgan fingerprint density at radius 2 is 2.00 bits per heavy atom. The highest BCUT2D eigenvalue weighted by Gasteiger charge is 2.22. The fourth-order valence-electron chi connectivity index (χ4n) is 1.87. The van der Waals surface area contributed by atoms with Crippen LogP contribution in [0.3, 0.4) is 0 Å². The number of benzene rings is 1. The third-order valence-electron chi connectivity index (χ3n) is 2.72. The summed E-state index contributed by atoms with van der Waals surface area (Å²) in [5.74, 6) is 0.120. The smallest absolute Gasteiger partial charge is 0.339 e. The Bertz CT molecular complexity index is 468. The molecular weight excluding hydrogens is 262 g/mol. The lowest BCUT2D eigenvalue weighted by Gasteiger charge is -2.29. The molecule has 0 unspecified atom stereocenters. The molecule has 0 spiro atoms. The predicted octanol–water partition coefficient (Wildman–Crippen LogP) is 1.61. The standard InChI is InChI=1S/C11H12ClNO3S/c12-8-2-1-3-9(10(8)11(14)15)13-4-6-17(16)7-5-13/h1-3H,4-7H2,(H,14,15). The number of nitrogens with zero attached hydrogens (tertiary/aromatic N) is 1. The van der Waals surface area contributed by atoms with Crippen molar-refractivity contribution < 1.29 is 14.1 Å². The Hall–Kier alpha value is -1.07. The van der Waals surface area contributed by atoms with Gasteiger partial charge in [-0.1, -0.05) is 17.7 Å². The molecule has 0 amide bonds. The van der Waals surface area contributed by atoms with Gasteiger partial charge in [-0.2, -0.15) is 0 Å². The van der Waals surface area contributed by atoms with Crippen LogP contribution in [0.1, 0.15) is 10.4 Å². The second-order valence-electron chi connectivity index (χ2n) is 3.77. The average Bonchev–Trinajstić information content (AvgIpc) is 2.29. The van der Waals surface area contributed by atoms with Gasteiger partial charge in [-0.3, -0.25) is 4.21 Å². The molecule has 0 radical (unpaired) electrons. The van der Waals surface area contributed by atoms with Crippen molar-refractivity contribution in [3.05, 3.63) is 28.8 Å². The second-order valence-corrected chi connectivity index (χ2v) is 5.88. The Morgan fingerprint density at radius 1 is 1.35 bits per heavy atom. The van der Waals surface area contributed by atoms with Crippen molar-refractivity contribution in [2.45, 2.75) is 0 Å². The fourth-order valence-corrected chi connectivity index (χ4v) is 3.17. The quantitative estimate of drug-likeness (QED) is 0.889. The maximum Gasteiger partial charge on any atom is 0.339 e. The summed E-state index contributed by atoms with van der Waals surface area (Å²) in [4.78, 5) is 13.1. The number of hydrogen-bond donors (Lipinski definition) is 1. The van der Waals surface area contributed by atoms with Crippen LogP contribution < -0.4 is 4.90 Å². The number of aromatic carboxylic acids is 1. The van der Waals surface area contributed by atoms with Crippen LogP contribution in [0.5, 0.6) is 0 Å². The highest BCUT2D eigenvalue weighted by Crippen LogP contribution is 2.28. The van der Waals surface area contributed by atoms with Crippen LogP contribution in [0.2, 0.25) is 5.02 Å². The van der Waals surface area contributed by atoms with E-state index in [2.05, 4.69) is 0 Å². The van der Waals surface area contributed by atoms with Gasteiger partial charge in [-0.25, -0.2) is 4.79 Å². The molecule has 1 aromatic rings. The van der Waals surface area contributed by atoms with Crippen molar-refractivity contribution in [3.8, 4) is 0 Å². The Labute approximate surface area is 107 Å². The van der Waals surface area contributed by atoms with Crippen LogP contribution in [0, 0.1) is 0 Å². The molecule has 0 aromatic heterocycles. The van der Waals surface area contributed by atoms with E-state index in [0.29, 0.717) is 30.3 Å². The number of carboxylic acids is 1. The number of carboxylic acid groups (broad SMARTS) is 1. The highest BCUT2D eigenvalue weighted by atomic mass is 35.5. The monoisotopic (exact) mass is 273 g/mol.